The van der Waals surface area contributed by atoms with E-state index in [0.717, 1.165) is 16.7 Å². The molecule has 7 nitrogen and oxygen atoms in total. The Balaban J connectivity index is 1.83. The highest BCUT2D eigenvalue weighted by molar-refractivity contribution is 7.14. The Kier molecular flexibility index (Phi) is 8.06. The number of oxime groups is 1. The van der Waals surface area contributed by atoms with Crippen LogP contribution in [0.5, 0.6) is 0 Å². The minimum atomic E-state index is -0.766. The molecule has 0 aliphatic heterocycles. The van der Waals surface area contributed by atoms with Crippen molar-refractivity contribution in [1.82, 2.24) is 4.98 Å². The summed E-state index contributed by atoms with van der Waals surface area (Å²) in [7, 11) is 0. The molecule has 0 radical (unpaired) electrons. The Hall–Kier alpha value is -4.48. The second kappa shape index (κ2) is 11.8. The van der Waals surface area contributed by atoms with E-state index < -0.39 is 11.5 Å². The smallest absolute Gasteiger partial charge is 0.362 e. The van der Waals surface area contributed by atoms with Crippen molar-refractivity contribution in [3.63, 3.8) is 0 Å². The van der Waals surface area contributed by atoms with E-state index in [1.807, 2.05) is 60.7 Å². The summed E-state index contributed by atoms with van der Waals surface area (Å²) in [5.41, 5.74) is 2.50. The topological polar surface area (TPSA) is 96.6 Å². The molecule has 36 heavy (non-hydrogen) atoms. The van der Waals surface area contributed by atoms with Crippen molar-refractivity contribution in [3.05, 3.63) is 119 Å². The highest BCUT2D eigenvalue weighted by Crippen LogP contribution is 2.40. The second-order valence-corrected chi connectivity index (χ2v) is 8.46. The number of carbonyl (C=O) groups is 1. The molecule has 8 heteroatoms. The standard InChI is InChI=1S/C28H24N4O3S/c1-2-34-26(33)25(32-35-19-18-29)24-20-36-27(30-24)31-28(21-12-6-3-7-13-21,22-14-8-4-9-15-22)23-16-10-5-11-17-23/h3-17,20H,2,19H2,1H3,(H,30,31). The molecule has 0 bridgehead atoms. The molecule has 0 saturated heterocycles. The average Bonchev–Trinajstić information content (AvgIpc) is 3.39. The highest BCUT2D eigenvalue weighted by atomic mass is 32.1. The third kappa shape index (κ3) is 5.27. The Morgan fingerprint density at radius 1 is 0.972 bits per heavy atom. The number of hydrogen-bond donors (Lipinski definition) is 1. The van der Waals surface area contributed by atoms with E-state index in [2.05, 4.69) is 51.9 Å². The molecule has 0 aliphatic carbocycles. The maximum absolute atomic E-state index is 12.5. The number of thiazole rings is 1. The van der Waals surface area contributed by atoms with Gasteiger partial charge in [0, 0.05) is 5.38 Å². The quantitative estimate of drug-likeness (QED) is 0.104. The number of anilines is 1. The molecule has 0 amide bonds. The van der Waals surface area contributed by atoms with Crippen LogP contribution >= 0.6 is 11.3 Å². The van der Waals surface area contributed by atoms with Crippen LogP contribution in [0.25, 0.3) is 0 Å². The van der Waals surface area contributed by atoms with E-state index >= 15 is 0 Å². The van der Waals surface area contributed by atoms with Crippen molar-refractivity contribution < 1.29 is 14.4 Å². The van der Waals surface area contributed by atoms with Crippen molar-refractivity contribution in [2.45, 2.75) is 12.5 Å². The molecular formula is C28H24N4O3S. The van der Waals surface area contributed by atoms with Crippen LogP contribution in [0.1, 0.15) is 29.3 Å². The van der Waals surface area contributed by atoms with Gasteiger partial charge in [-0.15, -0.1) is 11.3 Å². The number of nitrogens with zero attached hydrogens (tertiary/aromatic N) is 3. The largest absolute Gasteiger partial charge is 0.461 e. The fourth-order valence-electron chi connectivity index (χ4n) is 3.90. The summed E-state index contributed by atoms with van der Waals surface area (Å²) >= 11 is 1.33. The van der Waals surface area contributed by atoms with E-state index in [1.165, 1.54) is 11.3 Å². The number of esters is 1. The van der Waals surface area contributed by atoms with Gasteiger partial charge in [0.2, 0.25) is 12.3 Å². The highest BCUT2D eigenvalue weighted by Gasteiger charge is 2.37. The molecule has 1 N–H and O–H groups in total. The van der Waals surface area contributed by atoms with Crippen LogP contribution in [0.2, 0.25) is 0 Å². The number of ether oxygens (including phenoxy) is 1. The van der Waals surface area contributed by atoms with Gasteiger partial charge < -0.3 is 14.9 Å². The molecule has 3 aromatic carbocycles. The summed E-state index contributed by atoms with van der Waals surface area (Å²) in [6.45, 7) is 1.58. The van der Waals surface area contributed by atoms with E-state index in [-0.39, 0.29) is 18.9 Å². The maximum atomic E-state index is 12.5. The predicted molar refractivity (Wildman–Crippen MR) is 140 cm³/mol. The van der Waals surface area contributed by atoms with Gasteiger partial charge in [-0.25, -0.2) is 9.78 Å². The number of carbonyl (C=O) groups excluding carboxylic acids is 1. The van der Waals surface area contributed by atoms with Crippen LogP contribution in [0.4, 0.5) is 5.13 Å². The summed E-state index contributed by atoms with van der Waals surface area (Å²) in [5, 5.41) is 18.5. The summed E-state index contributed by atoms with van der Waals surface area (Å²) in [5.74, 6) is -0.673. The van der Waals surface area contributed by atoms with Crippen molar-refractivity contribution in [3.8, 4) is 6.07 Å². The normalized spacial score (nSPS) is 11.4. The minimum absolute atomic E-state index is 0.0962. The van der Waals surface area contributed by atoms with Gasteiger partial charge in [0.1, 0.15) is 17.3 Å². The number of benzene rings is 3. The molecule has 1 aromatic heterocycles. The number of hydrogen-bond acceptors (Lipinski definition) is 8. The summed E-state index contributed by atoms with van der Waals surface area (Å²) in [6.07, 6.45) is 0. The lowest BCUT2D eigenvalue weighted by Crippen LogP contribution is -2.38. The van der Waals surface area contributed by atoms with Crippen LogP contribution < -0.4 is 5.32 Å². The molecule has 1 heterocycles. The van der Waals surface area contributed by atoms with E-state index in [9.17, 15) is 4.79 Å². The predicted octanol–water partition coefficient (Wildman–Crippen LogP) is 5.35. The van der Waals surface area contributed by atoms with Crippen LogP contribution in [0.3, 0.4) is 0 Å². The molecular weight excluding hydrogens is 472 g/mol. The van der Waals surface area contributed by atoms with Gasteiger partial charge in [0.15, 0.2) is 5.13 Å². The molecule has 0 spiro atoms. The zero-order chi connectivity index (χ0) is 25.2. The van der Waals surface area contributed by atoms with E-state index in [4.69, 9.17) is 14.8 Å². The third-order valence-corrected chi connectivity index (χ3v) is 6.17. The fraction of sp³-hybridized carbons (Fsp3) is 0.143. The minimum Gasteiger partial charge on any atom is -0.461 e. The number of rotatable bonds is 10. The average molecular weight is 497 g/mol. The Bertz CT molecular complexity index is 1250. The van der Waals surface area contributed by atoms with Gasteiger partial charge in [-0.05, 0) is 23.6 Å². The molecule has 0 aliphatic rings. The Labute approximate surface area is 213 Å². The van der Waals surface area contributed by atoms with Crippen molar-refractivity contribution in [2.24, 2.45) is 5.16 Å². The first kappa shape index (κ1) is 24.6. The fourth-order valence-corrected chi connectivity index (χ4v) is 4.65. The van der Waals surface area contributed by atoms with Crippen molar-refractivity contribution >= 4 is 28.1 Å². The summed E-state index contributed by atoms with van der Waals surface area (Å²) in [6, 6.07) is 32.2. The molecule has 0 saturated carbocycles. The summed E-state index contributed by atoms with van der Waals surface area (Å²) in [4.78, 5) is 22.1. The van der Waals surface area contributed by atoms with Gasteiger partial charge in [0.25, 0.3) is 0 Å². The molecule has 0 fully saturated rings. The first-order valence-corrected chi connectivity index (χ1v) is 12.2. The van der Waals surface area contributed by atoms with E-state index in [1.54, 1.807) is 12.3 Å². The first-order valence-electron chi connectivity index (χ1n) is 11.3. The number of nitriles is 1. The van der Waals surface area contributed by atoms with Gasteiger partial charge in [0.05, 0.1) is 6.61 Å². The van der Waals surface area contributed by atoms with Gasteiger partial charge in [-0.3, -0.25) is 0 Å². The first-order chi connectivity index (χ1) is 17.7. The van der Waals surface area contributed by atoms with Gasteiger partial charge in [-0.2, -0.15) is 5.26 Å². The molecule has 0 atom stereocenters. The van der Waals surface area contributed by atoms with Crippen LogP contribution in [0.15, 0.2) is 102 Å². The van der Waals surface area contributed by atoms with Crippen LogP contribution in [0, 0.1) is 11.3 Å². The third-order valence-electron chi connectivity index (χ3n) is 5.42. The second-order valence-electron chi connectivity index (χ2n) is 7.60. The Morgan fingerprint density at radius 3 is 1.97 bits per heavy atom. The van der Waals surface area contributed by atoms with Crippen LogP contribution in [-0.2, 0) is 19.9 Å². The van der Waals surface area contributed by atoms with Crippen LogP contribution in [-0.4, -0.2) is 29.9 Å². The monoisotopic (exact) mass is 496 g/mol. The van der Waals surface area contributed by atoms with Crippen molar-refractivity contribution in [2.75, 3.05) is 18.5 Å². The molecule has 4 aromatic rings. The zero-order valence-electron chi connectivity index (χ0n) is 19.6. The lowest BCUT2D eigenvalue weighted by atomic mass is 9.77. The SMILES string of the molecule is CCOC(=O)C(=NOCC#N)c1csc(NC(c2ccccc2)(c2ccccc2)c2ccccc2)n1. The van der Waals surface area contributed by atoms with Crippen molar-refractivity contribution in [1.29, 1.82) is 5.26 Å². The van der Waals surface area contributed by atoms with E-state index in [0.29, 0.717) is 10.8 Å². The molecule has 180 valence electrons. The Morgan fingerprint density at radius 2 is 1.50 bits per heavy atom. The summed E-state index contributed by atoms with van der Waals surface area (Å²) < 4.78 is 5.12. The zero-order valence-corrected chi connectivity index (χ0v) is 20.4. The molecule has 0 unspecified atom stereocenters. The van der Waals surface area contributed by atoms with Gasteiger partial charge in [-0.1, -0.05) is 96.2 Å². The molecule has 4 rings (SSSR count). The number of nitrogens with one attached hydrogen (secondary N) is 1. The van der Waals surface area contributed by atoms with Gasteiger partial charge >= 0.3 is 5.97 Å². The maximum Gasteiger partial charge on any atom is 0.362 e. The number of aromatic nitrogens is 1. The lowest BCUT2D eigenvalue weighted by Gasteiger charge is -2.36. The lowest BCUT2D eigenvalue weighted by molar-refractivity contribution is -0.135.